The molecule has 6 heteroatoms. The van der Waals surface area contributed by atoms with Crippen molar-refractivity contribution in [2.75, 3.05) is 5.32 Å². The Morgan fingerprint density at radius 3 is 2.28 bits per heavy atom. The fraction of sp³-hybridized carbons (Fsp3) is 0. The predicted molar refractivity (Wildman–Crippen MR) is 73.7 cm³/mol. The van der Waals surface area contributed by atoms with Crippen molar-refractivity contribution in [2.45, 2.75) is 0 Å². The van der Waals surface area contributed by atoms with Crippen molar-refractivity contribution < 1.29 is 4.79 Å². The molecule has 2 aromatic rings. The Balaban J connectivity index is 2.25. The maximum absolute atomic E-state index is 11.9. The van der Waals surface area contributed by atoms with E-state index in [-0.39, 0.29) is 5.91 Å². The Kier molecular flexibility index (Phi) is 4.07. The van der Waals surface area contributed by atoms with Crippen LogP contribution in [-0.4, -0.2) is 10.9 Å². The van der Waals surface area contributed by atoms with Crippen LogP contribution in [0.2, 0.25) is 15.1 Å². The van der Waals surface area contributed by atoms with Crippen LogP contribution in [0.1, 0.15) is 10.4 Å². The van der Waals surface area contributed by atoms with Gasteiger partial charge in [0, 0.05) is 18.0 Å². The van der Waals surface area contributed by atoms with E-state index >= 15 is 0 Å². The monoisotopic (exact) mass is 300 g/mol. The van der Waals surface area contributed by atoms with Gasteiger partial charge in [0.15, 0.2) is 0 Å². The molecule has 18 heavy (non-hydrogen) atoms. The molecule has 0 fully saturated rings. The summed E-state index contributed by atoms with van der Waals surface area (Å²) in [5.41, 5.74) is 0.889. The molecular formula is C12H7Cl3N2O. The summed E-state index contributed by atoms with van der Waals surface area (Å²) in [4.78, 5) is 15.7. The lowest BCUT2D eigenvalue weighted by molar-refractivity contribution is 0.102. The summed E-state index contributed by atoms with van der Waals surface area (Å²) in [5, 5.41) is 3.64. The number of amides is 1. The second-order valence-electron chi connectivity index (χ2n) is 3.44. The first-order chi connectivity index (χ1) is 8.58. The van der Waals surface area contributed by atoms with Gasteiger partial charge >= 0.3 is 0 Å². The second-order valence-corrected chi connectivity index (χ2v) is 4.66. The van der Waals surface area contributed by atoms with Gasteiger partial charge in [-0.1, -0.05) is 34.8 Å². The summed E-state index contributed by atoms with van der Waals surface area (Å²) in [6.45, 7) is 0. The van der Waals surface area contributed by atoms with Crippen LogP contribution in [0, 0.1) is 0 Å². The Bertz CT molecular complexity index is 587. The van der Waals surface area contributed by atoms with E-state index in [1.165, 1.54) is 24.5 Å². The molecule has 2 rings (SSSR count). The number of aromatic nitrogens is 1. The molecule has 1 amide bonds. The number of benzene rings is 1. The highest BCUT2D eigenvalue weighted by molar-refractivity contribution is 6.44. The average molecular weight is 302 g/mol. The molecular weight excluding hydrogens is 295 g/mol. The van der Waals surface area contributed by atoms with E-state index in [2.05, 4.69) is 10.3 Å². The van der Waals surface area contributed by atoms with Crippen molar-refractivity contribution in [1.82, 2.24) is 4.98 Å². The van der Waals surface area contributed by atoms with Gasteiger partial charge in [-0.25, -0.2) is 0 Å². The third kappa shape index (κ3) is 2.93. The van der Waals surface area contributed by atoms with Crippen LogP contribution >= 0.6 is 34.8 Å². The van der Waals surface area contributed by atoms with Crippen LogP contribution in [-0.2, 0) is 0 Å². The Labute approximate surface area is 119 Å². The van der Waals surface area contributed by atoms with Crippen LogP contribution < -0.4 is 5.32 Å². The Morgan fingerprint density at radius 2 is 1.61 bits per heavy atom. The molecule has 0 unspecified atom stereocenters. The summed E-state index contributed by atoms with van der Waals surface area (Å²) in [6, 6.07) is 6.18. The molecule has 0 spiro atoms. The van der Waals surface area contributed by atoms with E-state index in [1.807, 2.05) is 0 Å². The number of nitrogens with one attached hydrogen (secondary N) is 1. The van der Waals surface area contributed by atoms with Crippen molar-refractivity contribution in [3.63, 3.8) is 0 Å². The molecule has 0 radical (unpaired) electrons. The molecule has 92 valence electrons. The smallest absolute Gasteiger partial charge is 0.255 e. The van der Waals surface area contributed by atoms with E-state index < -0.39 is 0 Å². The van der Waals surface area contributed by atoms with Gasteiger partial charge in [-0.05, 0) is 24.3 Å². The molecule has 0 saturated carbocycles. The maximum atomic E-state index is 11.9. The van der Waals surface area contributed by atoms with Gasteiger partial charge in [0.05, 0.1) is 20.8 Å². The first-order valence-corrected chi connectivity index (χ1v) is 6.07. The highest BCUT2D eigenvalue weighted by atomic mass is 35.5. The van der Waals surface area contributed by atoms with Crippen LogP contribution in [0.4, 0.5) is 5.69 Å². The van der Waals surface area contributed by atoms with Crippen LogP contribution in [0.25, 0.3) is 0 Å². The lowest BCUT2D eigenvalue weighted by atomic mass is 10.2. The third-order valence-electron chi connectivity index (χ3n) is 2.20. The van der Waals surface area contributed by atoms with Gasteiger partial charge in [-0.15, -0.1) is 0 Å². The number of nitrogens with zero attached hydrogens (tertiary/aromatic N) is 1. The lowest BCUT2D eigenvalue weighted by Gasteiger charge is -2.08. The molecule has 1 aromatic heterocycles. The van der Waals surface area contributed by atoms with Crippen molar-refractivity contribution >= 4 is 46.4 Å². The number of hydrogen-bond donors (Lipinski definition) is 1. The number of anilines is 1. The fourth-order valence-corrected chi connectivity index (χ4v) is 1.91. The molecule has 0 aliphatic rings. The molecule has 1 N–H and O–H groups in total. The minimum atomic E-state index is -0.294. The molecule has 3 nitrogen and oxygen atoms in total. The van der Waals surface area contributed by atoms with Crippen molar-refractivity contribution in [3.05, 3.63) is 57.3 Å². The lowest BCUT2D eigenvalue weighted by Crippen LogP contribution is -2.12. The molecule has 0 atom stereocenters. The molecule has 0 saturated heterocycles. The SMILES string of the molecule is O=C(Nc1cc(Cl)c(Cl)cc1Cl)c1ccncc1. The van der Waals surface area contributed by atoms with E-state index in [4.69, 9.17) is 34.8 Å². The number of hydrogen-bond acceptors (Lipinski definition) is 2. The summed E-state index contributed by atoms with van der Waals surface area (Å²) in [6.07, 6.45) is 3.07. The largest absolute Gasteiger partial charge is 0.321 e. The summed E-state index contributed by atoms with van der Waals surface area (Å²) in [5.74, 6) is -0.294. The molecule has 0 aliphatic carbocycles. The van der Waals surface area contributed by atoms with Gasteiger partial charge in [0.2, 0.25) is 0 Å². The van der Waals surface area contributed by atoms with Crippen molar-refractivity contribution in [1.29, 1.82) is 0 Å². The zero-order valence-corrected chi connectivity index (χ0v) is 11.2. The Morgan fingerprint density at radius 1 is 1.00 bits per heavy atom. The minimum absolute atomic E-state index is 0.294. The molecule has 1 aromatic carbocycles. The number of rotatable bonds is 2. The maximum Gasteiger partial charge on any atom is 0.255 e. The first-order valence-electron chi connectivity index (χ1n) is 4.94. The zero-order valence-electron chi connectivity index (χ0n) is 8.95. The van der Waals surface area contributed by atoms with Gasteiger partial charge in [0.1, 0.15) is 0 Å². The zero-order chi connectivity index (χ0) is 13.1. The highest BCUT2D eigenvalue weighted by Crippen LogP contribution is 2.32. The highest BCUT2D eigenvalue weighted by Gasteiger charge is 2.10. The quantitative estimate of drug-likeness (QED) is 0.841. The topological polar surface area (TPSA) is 42.0 Å². The van der Waals surface area contributed by atoms with E-state index in [0.29, 0.717) is 26.3 Å². The molecule has 0 aliphatic heterocycles. The van der Waals surface area contributed by atoms with Crippen molar-refractivity contribution in [2.24, 2.45) is 0 Å². The summed E-state index contributed by atoms with van der Waals surface area (Å²) >= 11 is 17.6. The summed E-state index contributed by atoms with van der Waals surface area (Å²) in [7, 11) is 0. The third-order valence-corrected chi connectivity index (χ3v) is 3.24. The van der Waals surface area contributed by atoms with Gasteiger partial charge < -0.3 is 5.32 Å². The van der Waals surface area contributed by atoms with Crippen molar-refractivity contribution in [3.8, 4) is 0 Å². The number of halogens is 3. The van der Waals surface area contributed by atoms with Gasteiger partial charge in [0.25, 0.3) is 5.91 Å². The second kappa shape index (κ2) is 5.57. The van der Waals surface area contributed by atoms with E-state index in [1.54, 1.807) is 12.1 Å². The van der Waals surface area contributed by atoms with Crippen LogP contribution in [0.5, 0.6) is 0 Å². The minimum Gasteiger partial charge on any atom is -0.321 e. The number of pyridine rings is 1. The number of carbonyl (C=O) groups is 1. The van der Waals surface area contributed by atoms with E-state index in [9.17, 15) is 4.79 Å². The molecule has 0 bridgehead atoms. The standard InChI is InChI=1S/C12H7Cl3N2O/c13-8-5-10(15)11(6-9(8)14)17-12(18)7-1-3-16-4-2-7/h1-6H,(H,17,18). The summed E-state index contributed by atoms with van der Waals surface area (Å²) < 4.78 is 0. The van der Waals surface area contributed by atoms with Gasteiger partial charge in [-0.2, -0.15) is 0 Å². The fourth-order valence-electron chi connectivity index (χ4n) is 1.32. The Hall–Kier alpha value is -1.29. The normalized spacial score (nSPS) is 10.2. The van der Waals surface area contributed by atoms with Crippen LogP contribution in [0.15, 0.2) is 36.7 Å². The average Bonchev–Trinajstić information content (AvgIpc) is 2.37. The number of carbonyl (C=O) groups excluding carboxylic acids is 1. The molecule has 1 heterocycles. The van der Waals surface area contributed by atoms with Gasteiger partial charge in [-0.3, -0.25) is 9.78 Å². The predicted octanol–water partition coefficient (Wildman–Crippen LogP) is 4.29. The first kappa shape index (κ1) is 13.1. The van der Waals surface area contributed by atoms with E-state index in [0.717, 1.165) is 0 Å². The van der Waals surface area contributed by atoms with Crippen LogP contribution in [0.3, 0.4) is 0 Å².